The number of carbonyl (C=O) groups excluding carboxylic acids is 1. The molecule has 0 bridgehead atoms. The molecule has 7 heteroatoms. The van der Waals surface area contributed by atoms with Crippen molar-refractivity contribution in [3.63, 3.8) is 0 Å². The van der Waals surface area contributed by atoms with E-state index < -0.39 is 36.7 Å². The van der Waals surface area contributed by atoms with E-state index in [1.54, 1.807) is 0 Å². The van der Waals surface area contributed by atoms with Gasteiger partial charge in [-0.25, -0.2) is 4.79 Å². The highest BCUT2D eigenvalue weighted by molar-refractivity contribution is 5.86. The van der Waals surface area contributed by atoms with Crippen molar-refractivity contribution in [3.8, 4) is 0 Å². The van der Waals surface area contributed by atoms with Gasteiger partial charge in [0.1, 0.15) is 31.0 Å². The first kappa shape index (κ1) is 14.1. The van der Waals surface area contributed by atoms with Crippen molar-refractivity contribution in [3.05, 3.63) is 12.2 Å². The van der Waals surface area contributed by atoms with Gasteiger partial charge in [-0.05, 0) is 6.92 Å². The third-order valence-electron chi connectivity index (χ3n) is 2.41. The summed E-state index contributed by atoms with van der Waals surface area (Å²) in [5.41, 5.74) is 0.177. The molecule has 0 aromatic rings. The van der Waals surface area contributed by atoms with E-state index in [1.165, 1.54) is 6.92 Å². The van der Waals surface area contributed by atoms with Crippen molar-refractivity contribution in [1.29, 1.82) is 0 Å². The third-order valence-corrected chi connectivity index (χ3v) is 2.41. The Labute approximate surface area is 97.9 Å². The Morgan fingerprint density at radius 2 is 1.82 bits per heavy atom. The molecule has 0 aliphatic carbocycles. The molecule has 1 rings (SSSR count). The summed E-state index contributed by atoms with van der Waals surface area (Å²) in [6, 6.07) is 0. The molecule has 0 aromatic heterocycles. The lowest BCUT2D eigenvalue weighted by molar-refractivity contribution is -0.287. The monoisotopic (exact) mass is 248 g/mol. The molecule has 1 aliphatic rings. The summed E-state index contributed by atoms with van der Waals surface area (Å²) >= 11 is 0. The summed E-state index contributed by atoms with van der Waals surface area (Å²) in [5, 5.41) is 37.3. The standard InChI is InChI=1S/C10H16O7/c1-4(2)9(14)16-3-5-6(11)7(12)8(13)10(15)17-5/h5-8,10-13,15H,1,3H2,2H3/t5-,6+,7+,8-,10+/m1/s1. The molecule has 7 nitrogen and oxygen atoms in total. The maximum absolute atomic E-state index is 11.1. The van der Waals surface area contributed by atoms with E-state index >= 15 is 0 Å². The zero-order chi connectivity index (χ0) is 13.2. The van der Waals surface area contributed by atoms with Crippen LogP contribution in [-0.2, 0) is 14.3 Å². The van der Waals surface area contributed by atoms with Crippen molar-refractivity contribution < 1.29 is 34.7 Å². The average molecular weight is 248 g/mol. The summed E-state index contributed by atoms with van der Waals surface area (Å²) in [5.74, 6) is -0.670. The Morgan fingerprint density at radius 3 is 2.35 bits per heavy atom. The molecule has 5 atom stereocenters. The van der Waals surface area contributed by atoms with Crippen LogP contribution in [0.5, 0.6) is 0 Å². The molecule has 1 heterocycles. The smallest absolute Gasteiger partial charge is 0.333 e. The second-order valence-corrected chi connectivity index (χ2v) is 3.92. The molecular weight excluding hydrogens is 232 g/mol. The summed E-state index contributed by atoms with van der Waals surface area (Å²) in [7, 11) is 0. The van der Waals surface area contributed by atoms with E-state index in [0.29, 0.717) is 0 Å². The number of ether oxygens (including phenoxy) is 2. The molecule has 1 fully saturated rings. The Kier molecular flexibility index (Phi) is 4.61. The van der Waals surface area contributed by atoms with Gasteiger partial charge in [0.05, 0.1) is 0 Å². The van der Waals surface area contributed by atoms with E-state index in [9.17, 15) is 25.2 Å². The van der Waals surface area contributed by atoms with E-state index in [-0.39, 0.29) is 12.2 Å². The molecule has 0 radical (unpaired) electrons. The summed E-state index contributed by atoms with van der Waals surface area (Å²) in [6.07, 6.45) is -7.36. The van der Waals surface area contributed by atoms with Crippen LogP contribution in [0.3, 0.4) is 0 Å². The highest BCUT2D eigenvalue weighted by Crippen LogP contribution is 2.20. The highest BCUT2D eigenvalue weighted by Gasteiger charge is 2.43. The van der Waals surface area contributed by atoms with Gasteiger partial charge in [0.25, 0.3) is 0 Å². The normalized spacial score (nSPS) is 37.6. The van der Waals surface area contributed by atoms with Gasteiger partial charge in [-0.15, -0.1) is 0 Å². The number of hydrogen-bond acceptors (Lipinski definition) is 7. The molecular formula is C10H16O7. The first-order valence-corrected chi connectivity index (χ1v) is 5.05. The Bertz CT molecular complexity index is 303. The van der Waals surface area contributed by atoms with Crippen molar-refractivity contribution >= 4 is 5.97 Å². The number of rotatable bonds is 3. The molecule has 0 spiro atoms. The lowest BCUT2D eigenvalue weighted by Crippen LogP contribution is -2.58. The second kappa shape index (κ2) is 5.56. The van der Waals surface area contributed by atoms with Crippen LogP contribution in [0.25, 0.3) is 0 Å². The topological polar surface area (TPSA) is 116 Å². The predicted molar refractivity (Wildman–Crippen MR) is 54.7 cm³/mol. The van der Waals surface area contributed by atoms with Crippen molar-refractivity contribution in [2.45, 2.75) is 37.6 Å². The zero-order valence-corrected chi connectivity index (χ0v) is 9.31. The maximum Gasteiger partial charge on any atom is 0.333 e. The van der Waals surface area contributed by atoms with Crippen LogP contribution in [0, 0.1) is 0 Å². The van der Waals surface area contributed by atoms with Gasteiger partial charge in [0.2, 0.25) is 0 Å². The average Bonchev–Trinajstić information content (AvgIpc) is 2.28. The Hall–Kier alpha value is -0.990. The molecule has 4 N–H and O–H groups in total. The molecule has 98 valence electrons. The molecule has 0 saturated carbocycles. The summed E-state index contributed by atoms with van der Waals surface area (Å²) in [6.45, 7) is 4.46. The molecule has 1 aliphatic heterocycles. The Balaban J connectivity index is 2.54. The van der Waals surface area contributed by atoms with Crippen LogP contribution < -0.4 is 0 Å². The van der Waals surface area contributed by atoms with Crippen molar-refractivity contribution in [1.82, 2.24) is 0 Å². The van der Waals surface area contributed by atoms with Gasteiger partial charge in [0.15, 0.2) is 6.29 Å². The van der Waals surface area contributed by atoms with Gasteiger partial charge in [0, 0.05) is 5.57 Å². The van der Waals surface area contributed by atoms with Crippen molar-refractivity contribution in [2.24, 2.45) is 0 Å². The van der Waals surface area contributed by atoms with Gasteiger partial charge in [-0.2, -0.15) is 0 Å². The van der Waals surface area contributed by atoms with E-state index in [4.69, 9.17) is 9.47 Å². The first-order valence-electron chi connectivity index (χ1n) is 5.05. The summed E-state index contributed by atoms with van der Waals surface area (Å²) in [4.78, 5) is 11.1. The predicted octanol–water partition coefficient (Wildman–Crippen LogP) is -2.09. The van der Waals surface area contributed by atoms with Crippen LogP contribution in [0.2, 0.25) is 0 Å². The van der Waals surface area contributed by atoms with Crippen LogP contribution in [0.1, 0.15) is 6.92 Å². The van der Waals surface area contributed by atoms with Gasteiger partial charge < -0.3 is 29.9 Å². The molecule has 0 aromatic carbocycles. The third kappa shape index (κ3) is 3.24. The number of aliphatic hydroxyl groups excluding tert-OH is 4. The minimum absolute atomic E-state index is 0.177. The fourth-order valence-electron chi connectivity index (χ4n) is 1.35. The Morgan fingerprint density at radius 1 is 1.24 bits per heavy atom. The molecule has 1 saturated heterocycles. The largest absolute Gasteiger partial charge is 0.459 e. The lowest BCUT2D eigenvalue weighted by atomic mass is 9.99. The van der Waals surface area contributed by atoms with Gasteiger partial charge in [-0.1, -0.05) is 6.58 Å². The lowest BCUT2D eigenvalue weighted by Gasteiger charge is -2.37. The number of hydrogen-bond donors (Lipinski definition) is 4. The first-order chi connectivity index (χ1) is 7.84. The van der Waals surface area contributed by atoms with Crippen LogP contribution in [-0.4, -0.2) is 63.7 Å². The molecule has 0 amide bonds. The number of carbonyl (C=O) groups is 1. The number of esters is 1. The second-order valence-electron chi connectivity index (χ2n) is 3.92. The SMILES string of the molecule is C=C(C)C(=O)OC[C@H]1O[C@H](O)[C@H](O)[C@@H](O)[C@H]1O. The minimum Gasteiger partial charge on any atom is -0.459 e. The van der Waals surface area contributed by atoms with Crippen molar-refractivity contribution in [2.75, 3.05) is 6.61 Å². The summed E-state index contributed by atoms with van der Waals surface area (Å²) < 4.78 is 9.52. The maximum atomic E-state index is 11.1. The van der Waals surface area contributed by atoms with Gasteiger partial charge in [-0.3, -0.25) is 0 Å². The van der Waals surface area contributed by atoms with Crippen LogP contribution in [0.15, 0.2) is 12.2 Å². The zero-order valence-electron chi connectivity index (χ0n) is 9.31. The van der Waals surface area contributed by atoms with Crippen LogP contribution >= 0.6 is 0 Å². The number of aliphatic hydroxyl groups is 4. The van der Waals surface area contributed by atoms with Gasteiger partial charge >= 0.3 is 5.97 Å². The molecule has 0 unspecified atom stereocenters. The molecule has 17 heavy (non-hydrogen) atoms. The van der Waals surface area contributed by atoms with E-state index in [2.05, 4.69) is 6.58 Å². The van der Waals surface area contributed by atoms with Crippen LogP contribution in [0.4, 0.5) is 0 Å². The highest BCUT2D eigenvalue weighted by atomic mass is 16.6. The fraction of sp³-hybridized carbons (Fsp3) is 0.700. The van der Waals surface area contributed by atoms with E-state index in [0.717, 1.165) is 0 Å². The minimum atomic E-state index is -1.64. The van der Waals surface area contributed by atoms with E-state index in [1.807, 2.05) is 0 Å². The fourth-order valence-corrected chi connectivity index (χ4v) is 1.35. The quantitative estimate of drug-likeness (QED) is 0.334.